The molecule has 5 heterocycles. The van der Waals surface area contributed by atoms with Gasteiger partial charge in [-0.1, -0.05) is 0 Å². The first-order chi connectivity index (χ1) is 23.4. The van der Waals surface area contributed by atoms with Crippen molar-refractivity contribution in [1.82, 2.24) is 24.8 Å². The molecule has 3 atom stereocenters. The largest absolute Gasteiger partial charge is 0.755 e. The Bertz CT molecular complexity index is 1620. The number of aryl methyl sites for hydroxylation is 1. The quantitative estimate of drug-likeness (QED) is 0.257. The number of halogens is 1. The molecule has 1 unspecified atom stereocenters. The van der Waals surface area contributed by atoms with Crippen LogP contribution in [0.3, 0.4) is 0 Å². The van der Waals surface area contributed by atoms with Gasteiger partial charge in [0.05, 0.1) is 48.0 Å². The molecule has 3 fully saturated rings. The van der Waals surface area contributed by atoms with Crippen LogP contribution in [0.1, 0.15) is 69.6 Å². The lowest BCUT2D eigenvalue weighted by Gasteiger charge is -2.54. The summed E-state index contributed by atoms with van der Waals surface area (Å²) in [6.45, 7) is 14.1. The van der Waals surface area contributed by atoms with Gasteiger partial charge in [-0.2, -0.15) is 0 Å². The molecular weight excluding hydrogens is 653 g/mol. The number of amides is 1. The summed E-state index contributed by atoms with van der Waals surface area (Å²) < 4.78 is 57.4. The molecule has 3 aliphatic rings. The van der Waals surface area contributed by atoms with Crippen LogP contribution in [0, 0.1) is 18.2 Å². The minimum Gasteiger partial charge on any atom is -0.755 e. The fraction of sp³-hybridized carbons (Fsp3) is 0.588. The van der Waals surface area contributed by atoms with Gasteiger partial charge in [0.25, 0.3) is 5.91 Å². The monoisotopic (exact) mass is 698 g/mol. The van der Waals surface area contributed by atoms with Crippen molar-refractivity contribution in [1.29, 1.82) is 0 Å². The fourth-order valence-electron chi connectivity index (χ4n) is 7.38. The summed E-state index contributed by atoms with van der Waals surface area (Å²) in [4.78, 5) is 32.6. The van der Waals surface area contributed by atoms with Crippen LogP contribution in [0.15, 0.2) is 41.3 Å². The van der Waals surface area contributed by atoms with E-state index in [1.165, 1.54) is 35.0 Å². The number of aromatic nitrogens is 3. The van der Waals surface area contributed by atoms with Crippen molar-refractivity contribution in [3.8, 4) is 11.5 Å². The van der Waals surface area contributed by atoms with Gasteiger partial charge in [-0.15, -0.1) is 0 Å². The van der Waals surface area contributed by atoms with Gasteiger partial charge in [0.2, 0.25) is 5.88 Å². The number of ether oxygens (including phenoxy) is 2. The molecule has 0 aliphatic carbocycles. The van der Waals surface area contributed by atoms with Crippen LogP contribution in [0.25, 0.3) is 0 Å². The Labute approximate surface area is 289 Å². The summed E-state index contributed by atoms with van der Waals surface area (Å²) >= 11 is -2.49. The van der Waals surface area contributed by atoms with E-state index in [-0.39, 0.29) is 52.7 Å². The molecule has 0 N–H and O–H groups in total. The Morgan fingerprint density at radius 1 is 1.12 bits per heavy atom. The molecule has 13 nitrogen and oxygen atoms in total. The second-order valence-electron chi connectivity index (χ2n) is 14.0. The van der Waals surface area contributed by atoms with E-state index in [4.69, 9.17) is 13.9 Å². The smallest absolute Gasteiger partial charge is 0.258 e. The summed E-state index contributed by atoms with van der Waals surface area (Å²) in [7, 11) is 0. The summed E-state index contributed by atoms with van der Waals surface area (Å²) in [5.74, 6) is 1.14. The maximum absolute atomic E-state index is 14.4. The number of carbonyl (C=O) groups is 1. The SMILES string of the molecule is Cc1ncc(N([C@@H]2CC[C@@H](CN3CCC4(CC3)CN(c3ncncc3Oc3ccc(F)cc3C(=O)N(C(C)C)C(C)C)C4)OC2)S(=O)[O-])o1. The third-order valence-electron chi connectivity index (χ3n) is 9.79. The van der Waals surface area contributed by atoms with E-state index in [1.807, 2.05) is 27.7 Å². The van der Waals surface area contributed by atoms with Gasteiger partial charge >= 0.3 is 0 Å². The number of likely N-dealkylation sites (tertiary alicyclic amines) is 1. The molecule has 0 saturated carbocycles. The molecule has 49 heavy (non-hydrogen) atoms. The molecular formula is C34H45FN7O6S-. The highest BCUT2D eigenvalue weighted by Crippen LogP contribution is 2.45. The molecule has 15 heteroatoms. The molecule has 0 radical (unpaired) electrons. The average Bonchev–Trinajstić information content (AvgIpc) is 3.47. The van der Waals surface area contributed by atoms with Crippen LogP contribution >= 0.6 is 0 Å². The van der Waals surface area contributed by atoms with Crippen molar-refractivity contribution < 1.29 is 31.8 Å². The summed E-state index contributed by atoms with van der Waals surface area (Å²) in [6, 6.07) is 3.53. The number of hydrogen-bond donors (Lipinski definition) is 0. The highest BCUT2D eigenvalue weighted by atomic mass is 32.2. The Morgan fingerprint density at radius 2 is 1.86 bits per heavy atom. The van der Waals surface area contributed by atoms with E-state index in [0.717, 1.165) is 52.0 Å². The zero-order valence-electron chi connectivity index (χ0n) is 28.7. The molecule has 2 aromatic heterocycles. The van der Waals surface area contributed by atoms with Gasteiger partial charge in [-0.25, -0.2) is 19.3 Å². The van der Waals surface area contributed by atoms with E-state index in [0.29, 0.717) is 30.5 Å². The number of anilines is 2. The summed E-state index contributed by atoms with van der Waals surface area (Å²) in [5, 5.41) is 0. The fourth-order valence-corrected chi connectivity index (χ4v) is 8.02. The van der Waals surface area contributed by atoms with E-state index in [1.54, 1.807) is 18.0 Å². The molecule has 3 aromatic rings. The standard InChI is InChI=1S/C34H46FN7O6S/c1-22(2)41(23(3)4)33(43)28-14-25(35)6-9-29(28)48-30-15-36-21-38-32(30)40-19-34(20-40)10-12-39(13-11-34)17-27-8-7-26(18-46-27)42(49(44)45)31-16-37-24(5)47-31/h6,9,14-16,21-23,26-27H,7-8,10-13,17-20H2,1-5H3,(H,44,45)/p-1/t26-,27+/m1/s1. The van der Waals surface area contributed by atoms with Gasteiger partial charge < -0.3 is 33.1 Å². The maximum Gasteiger partial charge on any atom is 0.258 e. The van der Waals surface area contributed by atoms with Gasteiger partial charge in [0.15, 0.2) is 17.5 Å². The molecule has 3 saturated heterocycles. The van der Waals surface area contributed by atoms with E-state index >= 15 is 0 Å². The minimum atomic E-state index is -2.49. The Hall–Kier alpha value is -3.66. The van der Waals surface area contributed by atoms with Crippen molar-refractivity contribution >= 4 is 28.9 Å². The molecule has 6 rings (SSSR count). The first kappa shape index (κ1) is 35.2. The number of carbonyl (C=O) groups excluding carboxylic acids is 1. The second-order valence-corrected chi connectivity index (χ2v) is 14.8. The zero-order chi connectivity index (χ0) is 34.9. The molecule has 3 aliphatic heterocycles. The normalized spacial score (nSPS) is 21.5. The van der Waals surface area contributed by atoms with Crippen molar-refractivity contribution in [2.45, 2.75) is 84.5 Å². The minimum absolute atomic E-state index is 0.0405. The maximum atomic E-state index is 14.4. The van der Waals surface area contributed by atoms with Gasteiger partial charge in [0, 0.05) is 44.1 Å². The lowest BCUT2D eigenvalue weighted by Crippen LogP contribution is -2.61. The first-order valence-corrected chi connectivity index (χ1v) is 18.0. The van der Waals surface area contributed by atoms with Crippen LogP contribution in [-0.2, 0) is 16.0 Å². The van der Waals surface area contributed by atoms with Crippen molar-refractivity contribution in [2.24, 2.45) is 5.41 Å². The first-order valence-electron chi connectivity index (χ1n) is 16.9. The average molecular weight is 699 g/mol. The zero-order valence-corrected chi connectivity index (χ0v) is 29.5. The summed E-state index contributed by atoms with van der Waals surface area (Å²) in [5.41, 5.74) is 0.321. The number of piperidine rings is 1. The van der Waals surface area contributed by atoms with Crippen molar-refractivity contribution in [3.63, 3.8) is 0 Å². The van der Waals surface area contributed by atoms with E-state index in [9.17, 15) is 17.9 Å². The summed E-state index contributed by atoms with van der Waals surface area (Å²) in [6.07, 6.45) is 8.04. The van der Waals surface area contributed by atoms with Gasteiger partial charge in [-0.3, -0.25) is 13.3 Å². The number of benzene rings is 1. The van der Waals surface area contributed by atoms with Gasteiger partial charge in [0.1, 0.15) is 17.9 Å². The van der Waals surface area contributed by atoms with Crippen LogP contribution in [0.2, 0.25) is 0 Å². The predicted molar refractivity (Wildman–Crippen MR) is 181 cm³/mol. The number of rotatable bonds is 11. The van der Waals surface area contributed by atoms with Crippen LogP contribution < -0.4 is 13.9 Å². The molecule has 1 amide bonds. The van der Waals surface area contributed by atoms with Crippen LogP contribution in [0.4, 0.5) is 16.1 Å². The number of oxazole rings is 1. The van der Waals surface area contributed by atoms with Crippen molar-refractivity contribution in [3.05, 3.63) is 54.2 Å². The van der Waals surface area contributed by atoms with Crippen molar-refractivity contribution in [2.75, 3.05) is 48.5 Å². The Balaban J connectivity index is 1.03. The molecule has 0 bridgehead atoms. The lowest BCUT2D eigenvalue weighted by atomic mass is 9.72. The molecule has 1 aromatic carbocycles. The highest BCUT2D eigenvalue weighted by Gasteiger charge is 2.46. The molecule has 1 spiro atoms. The number of hydrogen-bond acceptors (Lipinski definition) is 11. The topological polar surface area (TPSA) is 140 Å². The van der Waals surface area contributed by atoms with Crippen LogP contribution in [0.5, 0.6) is 11.5 Å². The van der Waals surface area contributed by atoms with E-state index < -0.39 is 17.1 Å². The molecule has 266 valence electrons. The Kier molecular flexibility index (Phi) is 10.5. The Morgan fingerprint density at radius 3 is 2.47 bits per heavy atom. The van der Waals surface area contributed by atoms with Gasteiger partial charge in [-0.05, 0) is 84.7 Å². The van der Waals surface area contributed by atoms with Crippen LogP contribution in [-0.4, -0.2) is 103 Å². The highest BCUT2D eigenvalue weighted by molar-refractivity contribution is 7.80. The lowest BCUT2D eigenvalue weighted by molar-refractivity contribution is -0.0273. The third kappa shape index (κ3) is 7.74. The van der Waals surface area contributed by atoms with E-state index in [2.05, 4.69) is 24.8 Å². The number of nitrogens with zero attached hydrogens (tertiary/aromatic N) is 7. The third-order valence-corrected chi connectivity index (χ3v) is 10.6. The second kappa shape index (κ2) is 14.7. The predicted octanol–water partition coefficient (Wildman–Crippen LogP) is 4.71.